The summed E-state index contributed by atoms with van der Waals surface area (Å²) in [6.45, 7) is 6.93. The Morgan fingerprint density at radius 1 is 1.29 bits per heavy atom. The van der Waals surface area contributed by atoms with Crippen molar-refractivity contribution in [1.82, 2.24) is 5.32 Å². The number of amides is 1. The van der Waals surface area contributed by atoms with Crippen LogP contribution in [0.1, 0.15) is 32.8 Å². The summed E-state index contributed by atoms with van der Waals surface area (Å²) in [6.07, 6.45) is 1.51. The molecule has 0 bridgehead atoms. The summed E-state index contributed by atoms with van der Waals surface area (Å²) in [6, 6.07) is 8.34. The average molecular weight is 298 g/mol. The van der Waals surface area contributed by atoms with E-state index in [9.17, 15) is 4.79 Å². The number of hydrogen-bond donors (Lipinski definition) is 1. The molecule has 1 rings (SSSR count). The smallest absolute Gasteiger partial charge is 0.219 e. The Bertz CT molecular complexity index is 370. The lowest BCUT2D eigenvalue weighted by atomic mass is 9.85. The third-order valence-electron chi connectivity index (χ3n) is 2.68. The predicted molar refractivity (Wildman–Crippen MR) is 74.9 cm³/mol. The van der Waals surface area contributed by atoms with Crippen molar-refractivity contribution >= 4 is 21.8 Å². The summed E-state index contributed by atoms with van der Waals surface area (Å²) in [7, 11) is 0. The molecule has 0 aliphatic heterocycles. The molecule has 0 unspecified atom stereocenters. The molecule has 1 aromatic rings. The van der Waals surface area contributed by atoms with Gasteiger partial charge in [0.15, 0.2) is 0 Å². The Labute approximate surface area is 112 Å². The maximum absolute atomic E-state index is 11.2. The SMILES string of the molecule is CCC(=O)NCC(C)(C)Cc1ccc(Br)cc1. The van der Waals surface area contributed by atoms with Gasteiger partial charge in [0.25, 0.3) is 0 Å². The van der Waals surface area contributed by atoms with Crippen LogP contribution in [0.2, 0.25) is 0 Å². The van der Waals surface area contributed by atoms with E-state index in [2.05, 4.69) is 59.4 Å². The Kier molecular flexibility index (Phi) is 5.19. The molecule has 0 aromatic heterocycles. The van der Waals surface area contributed by atoms with Gasteiger partial charge in [-0.25, -0.2) is 0 Å². The first-order valence-electron chi connectivity index (χ1n) is 5.94. The number of rotatable bonds is 5. The van der Waals surface area contributed by atoms with Crippen LogP contribution >= 0.6 is 15.9 Å². The molecular formula is C14H20BrNO. The largest absolute Gasteiger partial charge is 0.356 e. The highest BCUT2D eigenvalue weighted by Gasteiger charge is 2.19. The molecule has 0 atom stereocenters. The van der Waals surface area contributed by atoms with Crippen molar-refractivity contribution in [2.45, 2.75) is 33.6 Å². The predicted octanol–water partition coefficient (Wildman–Crippen LogP) is 3.54. The second kappa shape index (κ2) is 6.20. The van der Waals surface area contributed by atoms with Gasteiger partial charge in [0.1, 0.15) is 0 Å². The van der Waals surface area contributed by atoms with Crippen LogP contribution in [0.4, 0.5) is 0 Å². The van der Waals surface area contributed by atoms with Crippen molar-refractivity contribution in [2.75, 3.05) is 6.54 Å². The van der Waals surface area contributed by atoms with E-state index in [0.29, 0.717) is 6.42 Å². The van der Waals surface area contributed by atoms with Gasteiger partial charge in [-0.1, -0.05) is 48.8 Å². The second-order valence-electron chi connectivity index (χ2n) is 5.10. The number of halogens is 1. The van der Waals surface area contributed by atoms with Crippen LogP contribution in [-0.2, 0) is 11.2 Å². The van der Waals surface area contributed by atoms with Crippen LogP contribution in [0, 0.1) is 5.41 Å². The summed E-state index contributed by atoms with van der Waals surface area (Å²) in [5.74, 6) is 0.119. The molecule has 0 saturated heterocycles. The summed E-state index contributed by atoms with van der Waals surface area (Å²) in [5.41, 5.74) is 1.38. The Hall–Kier alpha value is -0.830. The van der Waals surface area contributed by atoms with Crippen molar-refractivity contribution in [2.24, 2.45) is 5.41 Å². The van der Waals surface area contributed by atoms with Gasteiger partial charge in [0, 0.05) is 17.4 Å². The minimum absolute atomic E-state index is 0.0820. The van der Waals surface area contributed by atoms with Gasteiger partial charge in [0.2, 0.25) is 5.91 Å². The van der Waals surface area contributed by atoms with E-state index in [1.807, 2.05) is 6.92 Å². The molecule has 0 saturated carbocycles. The third-order valence-corrected chi connectivity index (χ3v) is 3.21. The fourth-order valence-corrected chi connectivity index (χ4v) is 1.94. The highest BCUT2D eigenvalue weighted by Crippen LogP contribution is 2.22. The molecule has 3 heteroatoms. The minimum Gasteiger partial charge on any atom is -0.356 e. The summed E-state index contributed by atoms with van der Waals surface area (Å²) in [4.78, 5) is 11.2. The zero-order valence-electron chi connectivity index (χ0n) is 10.7. The van der Waals surface area contributed by atoms with Gasteiger partial charge in [-0.05, 0) is 29.5 Å². The maximum Gasteiger partial charge on any atom is 0.219 e. The summed E-state index contributed by atoms with van der Waals surface area (Å²) in [5, 5.41) is 2.96. The lowest BCUT2D eigenvalue weighted by Crippen LogP contribution is -2.34. The van der Waals surface area contributed by atoms with Crippen LogP contribution in [0.25, 0.3) is 0 Å². The van der Waals surface area contributed by atoms with Gasteiger partial charge in [0.05, 0.1) is 0 Å². The van der Waals surface area contributed by atoms with Gasteiger partial charge in [-0.15, -0.1) is 0 Å². The van der Waals surface area contributed by atoms with Crippen LogP contribution < -0.4 is 5.32 Å². The van der Waals surface area contributed by atoms with E-state index in [4.69, 9.17) is 0 Å². The van der Waals surface area contributed by atoms with E-state index in [1.165, 1.54) is 5.56 Å². The highest BCUT2D eigenvalue weighted by atomic mass is 79.9. The Morgan fingerprint density at radius 3 is 2.41 bits per heavy atom. The zero-order chi connectivity index (χ0) is 12.9. The normalized spacial score (nSPS) is 11.3. The van der Waals surface area contributed by atoms with Gasteiger partial charge < -0.3 is 5.32 Å². The van der Waals surface area contributed by atoms with Gasteiger partial charge >= 0.3 is 0 Å². The maximum atomic E-state index is 11.2. The zero-order valence-corrected chi connectivity index (χ0v) is 12.3. The third kappa shape index (κ3) is 5.35. The van der Waals surface area contributed by atoms with Crippen molar-refractivity contribution < 1.29 is 4.79 Å². The molecule has 1 N–H and O–H groups in total. The molecule has 1 amide bonds. The average Bonchev–Trinajstić information content (AvgIpc) is 2.29. The number of carbonyl (C=O) groups excluding carboxylic acids is 1. The number of nitrogens with one attached hydrogen (secondary N) is 1. The molecule has 17 heavy (non-hydrogen) atoms. The first-order valence-corrected chi connectivity index (χ1v) is 6.73. The van der Waals surface area contributed by atoms with E-state index < -0.39 is 0 Å². The highest BCUT2D eigenvalue weighted by molar-refractivity contribution is 9.10. The topological polar surface area (TPSA) is 29.1 Å². The molecule has 0 aliphatic carbocycles. The van der Waals surface area contributed by atoms with Gasteiger partial charge in [-0.3, -0.25) is 4.79 Å². The lowest BCUT2D eigenvalue weighted by molar-refractivity contribution is -0.121. The van der Waals surface area contributed by atoms with Crippen LogP contribution in [-0.4, -0.2) is 12.5 Å². The molecule has 0 spiro atoms. The first-order chi connectivity index (χ1) is 7.93. The fourth-order valence-electron chi connectivity index (χ4n) is 1.68. The molecule has 94 valence electrons. The van der Waals surface area contributed by atoms with Crippen LogP contribution in [0.5, 0.6) is 0 Å². The fraction of sp³-hybridized carbons (Fsp3) is 0.500. The van der Waals surface area contributed by atoms with Gasteiger partial charge in [-0.2, -0.15) is 0 Å². The minimum atomic E-state index is 0.0820. The molecule has 0 fully saturated rings. The lowest BCUT2D eigenvalue weighted by Gasteiger charge is -2.25. The quantitative estimate of drug-likeness (QED) is 0.885. The first kappa shape index (κ1) is 14.2. The molecule has 2 nitrogen and oxygen atoms in total. The van der Waals surface area contributed by atoms with E-state index in [1.54, 1.807) is 0 Å². The molecule has 1 aromatic carbocycles. The van der Waals surface area contributed by atoms with Crippen LogP contribution in [0.15, 0.2) is 28.7 Å². The monoisotopic (exact) mass is 297 g/mol. The van der Waals surface area contributed by atoms with E-state index in [0.717, 1.165) is 17.4 Å². The number of hydrogen-bond acceptors (Lipinski definition) is 1. The molecule has 0 heterocycles. The van der Waals surface area contributed by atoms with Crippen molar-refractivity contribution in [3.8, 4) is 0 Å². The van der Waals surface area contributed by atoms with E-state index >= 15 is 0 Å². The van der Waals surface area contributed by atoms with Crippen molar-refractivity contribution in [3.63, 3.8) is 0 Å². The standard InChI is InChI=1S/C14H20BrNO/c1-4-13(17)16-10-14(2,3)9-11-5-7-12(15)8-6-11/h5-8H,4,9-10H2,1-3H3,(H,16,17). The summed E-state index contributed by atoms with van der Waals surface area (Å²) < 4.78 is 1.10. The Balaban J connectivity index is 2.53. The summed E-state index contributed by atoms with van der Waals surface area (Å²) >= 11 is 3.43. The van der Waals surface area contributed by atoms with Crippen molar-refractivity contribution in [3.05, 3.63) is 34.3 Å². The van der Waals surface area contributed by atoms with Crippen molar-refractivity contribution in [1.29, 1.82) is 0 Å². The molecule has 0 aliphatic rings. The second-order valence-corrected chi connectivity index (χ2v) is 6.01. The van der Waals surface area contributed by atoms with Crippen LogP contribution in [0.3, 0.4) is 0 Å². The molecular weight excluding hydrogens is 278 g/mol. The van der Waals surface area contributed by atoms with E-state index in [-0.39, 0.29) is 11.3 Å². The number of carbonyl (C=O) groups is 1. The number of benzene rings is 1. The molecule has 0 radical (unpaired) electrons. The Morgan fingerprint density at radius 2 is 1.88 bits per heavy atom.